The summed E-state index contributed by atoms with van der Waals surface area (Å²) < 4.78 is 6.02. The average Bonchev–Trinajstić information content (AvgIpc) is 2.13. The maximum atomic E-state index is 6.02. The quantitative estimate of drug-likeness (QED) is 0.625. The zero-order chi connectivity index (χ0) is 9.84. The fourth-order valence-electron chi connectivity index (χ4n) is 2.10. The van der Waals surface area contributed by atoms with Gasteiger partial charge < -0.3 is 4.74 Å². The van der Waals surface area contributed by atoms with E-state index in [1.807, 2.05) is 0 Å². The van der Waals surface area contributed by atoms with Crippen molar-refractivity contribution in [2.24, 2.45) is 5.92 Å². The Kier molecular flexibility index (Phi) is 4.69. The topological polar surface area (TPSA) is 9.23 Å². The van der Waals surface area contributed by atoms with Crippen LogP contribution in [-0.4, -0.2) is 17.9 Å². The maximum absolute atomic E-state index is 6.02. The van der Waals surface area contributed by atoms with Gasteiger partial charge in [-0.3, -0.25) is 0 Å². The standard InChI is InChI=1S/C11H23OP/c1-4-5-10-7-11(13)6-8(2)9(3)12-10/h8-11H,4-7,13H2,1-3H3. The lowest BCUT2D eigenvalue weighted by molar-refractivity contribution is -0.0214. The van der Waals surface area contributed by atoms with Crippen molar-refractivity contribution in [1.82, 2.24) is 0 Å². The van der Waals surface area contributed by atoms with Crippen LogP contribution in [0, 0.1) is 5.92 Å². The molecule has 1 heterocycles. The van der Waals surface area contributed by atoms with E-state index in [1.165, 1.54) is 25.7 Å². The molecule has 2 heteroatoms. The van der Waals surface area contributed by atoms with Crippen LogP contribution in [-0.2, 0) is 4.74 Å². The molecule has 5 atom stereocenters. The fourth-order valence-corrected chi connectivity index (χ4v) is 2.84. The van der Waals surface area contributed by atoms with E-state index >= 15 is 0 Å². The molecule has 1 rings (SSSR count). The SMILES string of the molecule is CCCC1CC(P)CC(C)C(C)O1. The van der Waals surface area contributed by atoms with Gasteiger partial charge in [-0.05, 0) is 37.8 Å². The molecular weight excluding hydrogens is 179 g/mol. The van der Waals surface area contributed by atoms with Gasteiger partial charge in [0.1, 0.15) is 0 Å². The largest absolute Gasteiger partial charge is 0.375 e. The minimum absolute atomic E-state index is 0.446. The van der Waals surface area contributed by atoms with Gasteiger partial charge in [0.2, 0.25) is 0 Å². The van der Waals surface area contributed by atoms with Crippen LogP contribution in [0.5, 0.6) is 0 Å². The summed E-state index contributed by atoms with van der Waals surface area (Å²) in [6.07, 6.45) is 5.94. The summed E-state index contributed by atoms with van der Waals surface area (Å²) in [6.45, 7) is 6.76. The third kappa shape index (κ3) is 3.56. The Balaban J connectivity index is 2.49. The summed E-state index contributed by atoms with van der Waals surface area (Å²) in [5, 5.41) is 0. The van der Waals surface area contributed by atoms with Gasteiger partial charge in [0.25, 0.3) is 0 Å². The lowest BCUT2D eigenvalue weighted by atomic mass is 9.99. The van der Waals surface area contributed by atoms with E-state index in [0.717, 1.165) is 5.66 Å². The van der Waals surface area contributed by atoms with Crippen molar-refractivity contribution >= 4 is 9.24 Å². The van der Waals surface area contributed by atoms with E-state index in [9.17, 15) is 0 Å². The highest BCUT2D eigenvalue weighted by Gasteiger charge is 2.25. The smallest absolute Gasteiger partial charge is 0.0584 e. The zero-order valence-electron chi connectivity index (χ0n) is 9.12. The van der Waals surface area contributed by atoms with E-state index < -0.39 is 0 Å². The van der Waals surface area contributed by atoms with Gasteiger partial charge in [-0.15, -0.1) is 9.24 Å². The molecule has 1 nitrogen and oxygen atoms in total. The Morgan fingerprint density at radius 1 is 1.31 bits per heavy atom. The molecule has 0 amide bonds. The molecule has 0 radical (unpaired) electrons. The molecular formula is C11H23OP. The molecule has 0 aliphatic carbocycles. The Labute approximate surface area is 84.8 Å². The highest BCUT2D eigenvalue weighted by Crippen LogP contribution is 2.29. The Morgan fingerprint density at radius 2 is 2.00 bits per heavy atom. The highest BCUT2D eigenvalue weighted by atomic mass is 31.0. The number of hydrogen-bond acceptors (Lipinski definition) is 1. The first-order chi connectivity index (χ1) is 6.13. The van der Waals surface area contributed by atoms with Gasteiger partial charge in [-0.2, -0.15) is 0 Å². The van der Waals surface area contributed by atoms with Crippen LogP contribution in [0.25, 0.3) is 0 Å². The second-order valence-corrected chi connectivity index (χ2v) is 5.40. The summed E-state index contributed by atoms with van der Waals surface area (Å²) in [5.41, 5.74) is 0.761. The minimum Gasteiger partial charge on any atom is -0.375 e. The van der Waals surface area contributed by atoms with Gasteiger partial charge in [0.05, 0.1) is 12.2 Å². The average molecular weight is 202 g/mol. The molecule has 0 aromatic carbocycles. The van der Waals surface area contributed by atoms with Crippen molar-refractivity contribution < 1.29 is 4.74 Å². The minimum atomic E-state index is 0.446. The van der Waals surface area contributed by atoms with Gasteiger partial charge in [-0.1, -0.05) is 20.3 Å². The molecule has 0 aromatic rings. The Bertz CT molecular complexity index is 149. The molecule has 5 unspecified atom stereocenters. The predicted molar refractivity (Wildman–Crippen MR) is 61.1 cm³/mol. The van der Waals surface area contributed by atoms with Crippen LogP contribution in [0.15, 0.2) is 0 Å². The van der Waals surface area contributed by atoms with Crippen molar-refractivity contribution in [3.63, 3.8) is 0 Å². The molecule has 1 saturated heterocycles. The molecule has 1 fully saturated rings. The van der Waals surface area contributed by atoms with Gasteiger partial charge >= 0.3 is 0 Å². The van der Waals surface area contributed by atoms with Crippen LogP contribution in [0.4, 0.5) is 0 Å². The molecule has 0 spiro atoms. The third-order valence-corrected chi connectivity index (χ3v) is 3.60. The maximum Gasteiger partial charge on any atom is 0.0584 e. The number of ether oxygens (including phenoxy) is 1. The number of rotatable bonds is 2. The van der Waals surface area contributed by atoms with Crippen LogP contribution in [0.3, 0.4) is 0 Å². The molecule has 1 aliphatic rings. The molecule has 0 N–H and O–H groups in total. The van der Waals surface area contributed by atoms with Crippen LogP contribution in [0.2, 0.25) is 0 Å². The van der Waals surface area contributed by atoms with Crippen molar-refractivity contribution in [1.29, 1.82) is 0 Å². The number of hydrogen-bond donors (Lipinski definition) is 0. The van der Waals surface area contributed by atoms with Crippen LogP contribution < -0.4 is 0 Å². The first kappa shape index (κ1) is 11.5. The molecule has 0 saturated carbocycles. The monoisotopic (exact) mass is 202 g/mol. The highest BCUT2D eigenvalue weighted by molar-refractivity contribution is 7.17. The normalized spacial score (nSPS) is 41.5. The summed E-state index contributed by atoms with van der Waals surface area (Å²) in [5.74, 6) is 0.712. The first-order valence-electron chi connectivity index (χ1n) is 5.54. The van der Waals surface area contributed by atoms with Gasteiger partial charge in [0.15, 0.2) is 0 Å². The third-order valence-electron chi connectivity index (χ3n) is 3.06. The van der Waals surface area contributed by atoms with E-state index in [4.69, 9.17) is 4.74 Å². The lowest BCUT2D eigenvalue weighted by Gasteiger charge is -2.21. The van der Waals surface area contributed by atoms with Crippen molar-refractivity contribution in [3.05, 3.63) is 0 Å². The second kappa shape index (κ2) is 5.32. The first-order valence-corrected chi connectivity index (χ1v) is 6.21. The molecule has 0 bridgehead atoms. The molecule has 78 valence electrons. The lowest BCUT2D eigenvalue weighted by Crippen LogP contribution is -2.21. The van der Waals surface area contributed by atoms with Crippen molar-refractivity contribution in [3.8, 4) is 0 Å². The Morgan fingerprint density at radius 3 is 2.62 bits per heavy atom. The van der Waals surface area contributed by atoms with Crippen molar-refractivity contribution in [2.45, 2.75) is 64.3 Å². The van der Waals surface area contributed by atoms with Crippen molar-refractivity contribution in [2.75, 3.05) is 0 Å². The summed E-state index contributed by atoms with van der Waals surface area (Å²) in [7, 11) is 2.97. The van der Waals surface area contributed by atoms with Crippen LogP contribution in [0.1, 0.15) is 46.5 Å². The fraction of sp³-hybridized carbons (Fsp3) is 1.00. The Hall–Kier alpha value is 0.390. The summed E-state index contributed by atoms with van der Waals surface area (Å²) in [4.78, 5) is 0. The predicted octanol–water partition coefficient (Wildman–Crippen LogP) is 3.23. The van der Waals surface area contributed by atoms with Gasteiger partial charge in [0, 0.05) is 0 Å². The van der Waals surface area contributed by atoms with E-state index in [1.54, 1.807) is 0 Å². The molecule has 1 aliphatic heterocycles. The van der Waals surface area contributed by atoms with Crippen LogP contribution >= 0.6 is 9.24 Å². The van der Waals surface area contributed by atoms with E-state index in [0.29, 0.717) is 18.1 Å². The zero-order valence-corrected chi connectivity index (χ0v) is 10.3. The van der Waals surface area contributed by atoms with E-state index in [-0.39, 0.29) is 0 Å². The van der Waals surface area contributed by atoms with E-state index in [2.05, 4.69) is 30.0 Å². The summed E-state index contributed by atoms with van der Waals surface area (Å²) in [6, 6.07) is 0. The second-order valence-electron chi connectivity index (χ2n) is 4.46. The molecule has 13 heavy (non-hydrogen) atoms. The summed E-state index contributed by atoms with van der Waals surface area (Å²) >= 11 is 0. The molecule has 0 aromatic heterocycles. The van der Waals surface area contributed by atoms with Gasteiger partial charge in [-0.25, -0.2) is 0 Å².